The summed E-state index contributed by atoms with van der Waals surface area (Å²) in [7, 11) is 0. The Kier molecular flexibility index (Phi) is 2.29. The molecule has 2 aromatic heterocycles. The van der Waals surface area contributed by atoms with Crippen molar-refractivity contribution in [2.24, 2.45) is 0 Å². The van der Waals surface area contributed by atoms with Gasteiger partial charge in [0.25, 0.3) is 0 Å². The van der Waals surface area contributed by atoms with E-state index in [4.69, 9.17) is 5.73 Å². The van der Waals surface area contributed by atoms with Crippen molar-refractivity contribution in [3.8, 4) is 0 Å². The van der Waals surface area contributed by atoms with E-state index >= 15 is 0 Å². The summed E-state index contributed by atoms with van der Waals surface area (Å²) in [6.45, 7) is 1.14. The fourth-order valence-corrected chi connectivity index (χ4v) is 2.36. The predicted molar refractivity (Wildman–Crippen MR) is 64.3 cm³/mol. The Hall–Kier alpha value is -1.55. The van der Waals surface area contributed by atoms with E-state index in [1.807, 2.05) is 24.5 Å². The normalized spacial score (nSPS) is 20.6. The molecule has 0 spiro atoms. The first-order valence-corrected chi connectivity index (χ1v) is 5.78. The summed E-state index contributed by atoms with van der Waals surface area (Å²) in [6, 6.07) is 4.50. The van der Waals surface area contributed by atoms with E-state index in [2.05, 4.69) is 14.7 Å². The summed E-state index contributed by atoms with van der Waals surface area (Å²) < 4.78 is 2.09. The number of fused-ring (bicyclic) bond motifs is 1. The molecule has 2 aromatic rings. The van der Waals surface area contributed by atoms with Crippen LogP contribution < -0.4 is 11.1 Å². The fourth-order valence-electron chi connectivity index (χ4n) is 2.36. The first-order chi connectivity index (χ1) is 7.83. The first-order valence-electron chi connectivity index (χ1n) is 5.78. The molecule has 1 fully saturated rings. The van der Waals surface area contributed by atoms with Crippen LogP contribution in [0.1, 0.15) is 18.7 Å². The number of nitrogen functional groups attached to an aromatic ring is 1. The quantitative estimate of drug-likeness (QED) is 0.793. The van der Waals surface area contributed by atoms with Crippen LogP contribution in [0.4, 0.5) is 5.69 Å². The van der Waals surface area contributed by atoms with Gasteiger partial charge in [-0.05, 0) is 31.5 Å². The van der Waals surface area contributed by atoms with Crippen molar-refractivity contribution >= 4 is 11.2 Å². The zero-order chi connectivity index (χ0) is 11.0. The lowest BCUT2D eigenvalue weighted by Gasteiger charge is -2.09. The van der Waals surface area contributed by atoms with E-state index in [0.29, 0.717) is 6.04 Å². The van der Waals surface area contributed by atoms with Gasteiger partial charge in [0, 0.05) is 24.3 Å². The minimum Gasteiger partial charge on any atom is -0.398 e. The van der Waals surface area contributed by atoms with Crippen molar-refractivity contribution in [2.45, 2.75) is 25.3 Å². The third kappa shape index (κ3) is 1.65. The Balaban J connectivity index is 1.93. The number of nitrogens with zero attached hydrogens (tertiary/aromatic N) is 2. The molecular formula is C12H16N4. The molecule has 0 aliphatic carbocycles. The van der Waals surface area contributed by atoms with Gasteiger partial charge in [0.05, 0.1) is 11.7 Å². The van der Waals surface area contributed by atoms with Gasteiger partial charge in [0.15, 0.2) is 0 Å². The van der Waals surface area contributed by atoms with Crippen LogP contribution in [0.3, 0.4) is 0 Å². The summed E-state index contributed by atoms with van der Waals surface area (Å²) in [4.78, 5) is 4.47. The van der Waals surface area contributed by atoms with Crippen LogP contribution in [0, 0.1) is 0 Å². The molecule has 0 saturated carbocycles. The molecule has 0 amide bonds. The van der Waals surface area contributed by atoms with Gasteiger partial charge in [-0.15, -0.1) is 0 Å². The van der Waals surface area contributed by atoms with E-state index in [-0.39, 0.29) is 0 Å². The summed E-state index contributed by atoms with van der Waals surface area (Å²) in [5.74, 6) is 1.10. The van der Waals surface area contributed by atoms with Crippen LogP contribution in [-0.2, 0) is 6.42 Å². The van der Waals surface area contributed by atoms with Crippen LogP contribution in [0.25, 0.3) is 5.52 Å². The van der Waals surface area contributed by atoms with E-state index in [1.165, 1.54) is 12.8 Å². The van der Waals surface area contributed by atoms with Crippen LogP contribution in [0.5, 0.6) is 0 Å². The summed E-state index contributed by atoms with van der Waals surface area (Å²) in [5, 5.41) is 3.49. The highest BCUT2D eigenvalue weighted by atomic mass is 15.0. The second-order valence-corrected chi connectivity index (χ2v) is 4.43. The lowest BCUT2D eigenvalue weighted by molar-refractivity contribution is 0.584. The second kappa shape index (κ2) is 3.79. The largest absolute Gasteiger partial charge is 0.398 e. The zero-order valence-electron chi connectivity index (χ0n) is 9.19. The maximum absolute atomic E-state index is 5.80. The Morgan fingerprint density at radius 1 is 1.50 bits per heavy atom. The third-order valence-electron chi connectivity index (χ3n) is 3.22. The van der Waals surface area contributed by atoms with Crippen LogP contribution in [-0.4, -0.2) is 22.0 Å². The standard InChI is InChI=1S/C12H16N4/c13-9-3-4-11-7-15-12(16(11)8-9)6-10-2-1-5-14-10/h3-4,7-8,10,14H,1-2,5-6,13H2. The van der Waals surface area contributed by atoms with Gasteiger partial charge in [-0.25, -0.2) is 4.98 Å². The smallest absolute Gasteiger partial charge is 0.114 e. The molecule has 0 bridgehead atoms. The molecule has 1 saturated heterocycles. The highest BCUT2D eigenvalue weighted by Crippen LogP contribution is 2.15. The average molecular weight is 216 g/mol. The topological polar surface area (TPSA) is 55.3 Å². The molecule has 4 nitrogen and oxygen atoms in total. The van der Waals surface area contributed by atoms with Crippen LogP contribution in [0.15, 0.2) is 24.5 Å². The number of hydrogen-bond acceptors (Lipinski definition) is 3. The van der Waals surface area contributed by atoms with Crippen LogP contribution >= 0.6 is 0 Å². The molecule has 1 atom stereocenters. The summed E-state index contributed by atoms with van der Waals surface area (Å²) in [6.07, 6.45) is 7.36. The zero-order valence-corrected chi connectivity index (χ0v) is 9.19. The molecule has 0 aromatic carbocycles. The Labute approximate surface area is 94.5 Å². The highest BCUT2D eigenvalue weighted by molar-refractivity contribution is 5.52. The van der Waals surface area contributed by atoms with Gasteiger partial charge in [0.1, 0.15) is 5.82 Å². The van der Waals surface area contributed by atoms with E-state index < -0.39 is 0 Å². The summed E-state index contributed by atoms with van der Waals surface area (Å²) >= 11 is 0. The molecule has 16 heavy (non-hydrogen) atoms. The number of rotatable bonds is 2. The van der Waals surface area contributed by atoms with Crippen LogP contribution in [0.2, 0.25) is 0 Å². The number of imidazole rings is 1. The fraction of sp³-hybridized carbons (Fsp3) is 0.417. The summed E-state index contributed by atoms with van der Waals surface area (Å²) in [5.41, 5.74) is 7.69. The van der Waals surface area contributed by atoms with Crippen molar-refractivity contribution < 1.29 is 0 Å². The van der Waals surface area contributed by atoms with Gasteiger partial charge in [0.2, 0.25) is 0 Å². The van der Waals surface area contributed by atoms with Gasteiger partial charge in [-0.1, -0.05) is 0 Å². The molecule has 1 aliphatic heterocycles. The molecule has 84 valence electrons. The highest BCUT2D eigenvalue weighted by Gasteiger charge is 2.16. The second-order valence-electron chi connectivity index (χ2n) is 4.43. The lowest BCUT2D eigenvalue weighted by atomic mass is 10.1. The number of nitrogens with two attached hydrogens (primary N) is 1. The minimum atomic E-state index is 0.576. The minimum absolute atomic E-state index is 0.576. The molecule has 4 heteroatoms. The number of hydrogen-bond donors (Lipinski definition) is 2. The molecular weight excluding hydrogens is 200 g/mol. The predicted octanol–water partition coefficient (Wildman–Crippen LogP) is 1.21. The Morgan fingerprint density at radius 3 is 3.25 bits per heavy atom. The Bertz CT molecular complexity index is 497. The van der Waals surface area contributed by atoms with Gasteiger partial charge >= 0.3 is 0 Å². The maximum Gasteiger partial charge on any atom is 0.114 e. The molecule has 0 radical (unpaired) electrons. The number of aromatic nitrogens is 2. The molecule has 3 rings (SSSR count). The number of pyridine rings is 1. The Morgan fingerprint density at radius 2 is 2.44 bits per heavy atom. The maximum atomic E-state index is 5.80. The monoisotopic (exact) mass is 216 g/mol. The van der Waals surface area contributed by atoms with Crippen molar-refractivity contribution in [2.75, 3.05) is 12.3 Å². The first kappa shape index (κ1) is 9.66. The van der Waals surface area contributed by atoms with Crippen molar-refractivity contribution in [3.63, 3.8) is 0 Å². The molecule has 1 aliphatic rings. The van der Waals surface area contributed by atoms with Crippen molar-refractivity contribution in [1.82, 2.24) is 14.7 Å². The van der Waals surface area contributed by atoms with Gasteiger partial charge < -0.3 is 15.5 Å². The molecule has 3 heterocycles. The van der Waals surface area contributed by atoms with E-state index in [9.17, 15) is 0 Å². The van der Waals surface area contributed by atoms with Crippen molar-refractivity contribution in [3.05, 3.63) is 30.4 Å². The lowest BCUT2D eigenvalue weighted by Crippen LogP contribution is -2.24. The van der Waals surface area contributed by atoms with Gasteiger partial charge in [-0.3, -0.25) is 0 Å². The van der Waals surface area contributed by atoms with E-state index in [1.54, 1.807) is 0 Å². The van der Waals surface area contributed by atoms with E-state index in [0.717, 1.165) is 30.0 Å². The number of anilines is 1. The molecule has 1 unspecified atom stereocenters. The van der Waals surface area contributed by atoms with Crippen molar-refractivity contribution in [1.29, 1.82) is 0 Å². The number of nitrogens with one attached hydrogen (secondary N) is 1. The van der Waals surface area contributed by atoms with Gasteiger partial charge in [-0.2, -0.15) is 0 Å². The average Bonchev–Trinajstić information content (AvgIpc) is 2.90. The SMILES string of the molecule is Nc1ccc2cnc(CC3CCCN3)n2c1. The third-order valence-corrected chi connectivity index (χ3v) is 3.22. The molecule has 3 N–H and O–H groups in total.